The SMILES string of the molecule is Cc1ccc(C2C3C=CC(C3)C2C#Cc2ccccc2)cc1. The Morgan fingerprint density at radius 2 is 1.59 bits per heavy atom. The van der Waals surface area contributed by atoms with Gasteiger partial charge in [-0.2, -0.15) is 0 Å². The predicted molar refractivity (Wildman–Crippen MR) is 91.5 cm³/mol. The van der Waals surface area contributed by atoms with Crippen LogP contribution in [0.15, 0.2) is 66.7 Å². The van der Waals surface area contributed by atoms with Gasteiger partial charge in [-0.25, -0.2) is 0 Å². The average Bonchev–Trinajstić information content (AvgIpc) is 3.16. The van der Waals surface area contributed by atoms with Crippen molar-refractivity contribution in [3.8, 4) is 11.8 Å². The van der Waals surface area contributed by atoms with Gasteiger partial charge in [0, 0.05) is 17.4 Å². The molecule has 1 saturated carbocycles. The van der Waals surface area contributed by atoms with Gasteiger partial charge in [0.2, 0.25) is 0 Å². The molecule has 2 aliphatic rings. The number of benzene rings is 2. The third-order valence-electron chi connectivity index (χ3n) is 5.08. The zero-order chi connectivity index (χ0) is 14.9. The Morgan fingerprint density at radius 1 is 0.864 bits per heavy atom. The largest absolute Gasteiger partial charge is 0.0932 e. The van der Waals surface area contributed by atoms with Crippen LogP contribution in [0.1, 0.15) is 29.0 Å². The van der Waals surface area contributed by atoms with Crippen molar-refractivity contribution in [1.29, 1.82) is 0 Å². The second-order valence-corrected chi connectivity index (χ2v) is 6.55. The molecule has 0 N–H and O–H groups in total. The van der Waals surface area contributed by atoms with Gasteiger partial charge in [0.05, 0.1) is 0 Å². The monoisotopic (exact) mass is 284 g/mol. The molecule has 4 unspecified atom stereocenters. The lowest BCUT2D eigenvalue weighted by Crippen LogP contribution is -2.16. The standard InChI is InChI=1S/C22H20/c1-16-7-10-18(11-8-16)22-20-13-12-19(15-20)21(22)14-9-17-5-3-2-4-6-17/h2-8,10-13,19-22H,15H2,1H3. The summed E-state index contributed by atoms with van der Waals surface area (Å²) in [7, 11) is 0. The van der Waals surface area contributed by atoms with E-state index >= 15 is 0 Å². The quantitative estimate of drug-likeness (QED) is 0.513. The van der Waals surface area contributed by atoms with Crippen LogP contribution >= 0.6 is 0 Å². The Morgan fingerprint density at radius 3 is 2.36 bits per heavy atom. The zero-order valence-corrected chi connectivity index (χ0v) is 12.9. The van der Waals surface area contributed by atoms with Crippen LogP contribution in [0.2, 0.25) is 0 Å². The van der Waals surface area contributed by atoms with Crippen LogP contribution in [0, 0.1) is 36.5 Å². The maximum absolute atomic E-state index is 3.59. The summed E-state index contributed by atoms with van der Waals surface area (Å²) in [6, 6.07) is 19.4. The third-order valence-corrected chi connectivity index (χ3v) is 5.08. The molecule has 2 aromatic carbocycles. The molecular weight excluding hydrogens is 264 g/mol. The van der Waals surface area contributed by atoms with E-state index < -0.39 is 0 Å². The minimum atomic E-state index is 0.456. The zero-order valence-electron chi connectivity index (χ0n) is 12.9. The molecular formula is C22H20. The Hall–Kier alpha value is -2.26. The van der Waals surface area contributed by atoms with E-state index in [4.69, 9.17) is 0 Å². The highest BCUT2D eigenvalue weighted by atomic mass is 14.5. The fourth-order valence-corrected chi connectivity index (χ4v) is 3.95. The molecule has 2 bridgehead atoms. The van der Waals surface area contributed by atoms with Gasteiger partial charge < -0.3 is 0 Å². The van der Waals surface area contributed by atoms with E-state index in [1.807, 2.05) is 6.07 Å². The number of fused-ring (bicyclic) bond motifs is 2. The van der Waals surface area contributed by atoms with Crippen molar-refractivity contribution >= 4 is 0 Å². The molecule has 22 heavy (non-hydrogen) atoms. The van der Waals surface area contributed by atoms with Gasteiger partial charge in [0.1, 0.15) is 0 Å². The molecule has 0 saturated heterocycles. The Labute approximate surface area is 132 Å². The van der Waals surface area contributed by atoms with E-state index in [0.29, 0.717) is 23.7 Å². The molecule has 0 aliphatic heterocycles. The highest BCUT2D eigenvalue weighted by Gasteiger charge is 2.44. The van der Waals surface area contributed by atoms with Crippen LogP contribution in [-0.2, 0) is 0 Å². The van der Waals surface area contributed by atoms with E-state index in [1.165, 1.54) is 17.5 Å². The van der Waals surface area contributed by atoms with Crippen LogP contribution in [0.3, 0.4) is 0 Å². The number of hydrogen-bond donors (Lipinski definition) is 0. The first-order valence-corrected chi connectivity index (χ1v) is 8.13. The van der Waals surface area contributed by atoms with Crippen LogP contribution in [0.25, 0.3) is 0 Å². The highest BCUT2D eigenvalue weighted by molar-refractivity contribution is 5.39. The smallest absolute Gasteiger partial charge is 0.0343 e. The fourth-order valence-electron chi connectivity index (χ4n) is 3.95. The summed E-state index contributed by atoms with van der Waals surface area (Å²) in [4.78, 5) is 0. The number of rotatable bonds is 1. The molecule has 0 heterocycles. The van der Waals surface area contributed by atoms with Gasteiger partial charge in [-0.1, -0.05) is 72.0 Å². The Bertz CT molecular complexity index is 740. The Kier molecular flexibility index (Phi) is 3.35. The van der Waals surface area contributed by atoms with Crippen molar-refractivity contribution in [2.75, 3.05) is 0 Å². The normalized spacial score (nSPS) is 28.4. The van der Waals surface area contributed by atoms with Crippen LogP contribution in [0.4, 0.5) is 0 Å². The van der Waals surface area contributed by atoms with Crippen molar-refractivity contribution in [2.24, 2.45) is 17.8 Å². The van der Waals surface area contributed by atoms with Crippen LogP contribution < -0.4 is 0 Å². The summed E-state index contributed by atoms with van der Waals surface area (Å²) in [6.45, 7) is 2.15. The Balaban J connectivity index is 1.67. The van der Waals surface area contributed by atoms with Crippen molar-refractivity contribution in [3.05, 3.63) is 83.4 Å². The summed E-state index contributed by atoms with van der Waals surface area (Å²) in [5.41, 5.74) is 3.90. The molecule has 4 rings (SSSR count). The van der Waals surface area contributed by atoms with Crippen LogP contribution in [0.5, 0.6) is 0 Å². The lowest BCUT2D eigenvalue weighted by atomic mass is 9.78. The van der Waals surface area contributed by atoms with Crippen molar-refractivity contribution in [2.45, 2.75) is 19.3 Å². The summed E-state index contributed by atoms with van der Waals surface area (Å²) < 4.78 is 0. The summed E-state index contributed by atoms with van der Waals surface area (Å²) >= 11 is 0. The average molecular weight is 284 g/mol. The second-order valence-electron chi connectivity index (χ2n) is 6.55. The number of aryl methyl sites for hydroxylation is 1. The molecule has 108 valence electrons. The third kappa shape index (κ3) is 2.38. The first-order chi connectivity index (χ1) is 10.8. The minimum Gasteiger partial charge on any atom is -0.0932 e. The fraction of sp³-hybridized carbons (Fsp3) is 0.273. The molecule has 0 aromatic heterocycles. The molecule has 0 spiro atoms. The van der Waals surface area contributed by atoms with E-state index in [1.54, 1.807) is 0 Å². The summed E-state index contributed by atoms with van der Waals surface area (Å²) in [6.07, 6.45) is 6.07. The van der Waals surface area contributed by atoms with Gasteiger partial charge >= 0.3 is 0 Å². The maximum Gasteiger partial charge on any atom is 0.0343 e. The summed E-state index contributed by atoms with van der Waals surface area (Å²) in [5, 5.41) is 0. The van der Waals surface area contributed by atoms with E-state index in [0.717, 1.165) is 5.56 Å². The first-order valence-electron chi connectivity index (χ1n) is 8.13. The van der Waals surface area contributed by atoms with Crippen molar-refractivity contribution < 1.29 is 0 Å². The lowest BCUT2D eigenvalue weighted by molar-refractivity contribution is 0.493. The highest BCUT2D eigenvalue weighted by Crippen LogP contribution is 2.52. The lowest BCUT2D eigenvalue weighted by Gasteiger charge is -2.24. The van der Waals surface area contributed by atoms with Crippen molar-refractivity contribution in [1.82, 2.24) is 0 Å². The van der Waals surface area contributed by atoms with Gasteiger partial charge in [-0.15, -0.1) is 0 Å². The molecule has 2 aromatic rings. The van der Waals surface area contributed by atoms with Gasteiger partial charge in [-0.05, 0) is 42.9 Å². The molecule has 0 heteroatoms. The summed E-state index contributed by atoms with van der Waals surface area (Å²) in [5.74, 6) is 9.31. The minimum absolute atomic E-state index is 0.456. The van der Waals surface area contributed by atoms with Crippen molar-refractivity contribution in [3.63, 3.8) is 0 Å². The van der Waals surface area contributed by atoms with E-state index in [2.05, 4.69) is 79.4 Å². The van der Waals surface area contributed by atoms with Gasteiger partial charge in [0.15, 0.2) is 0 Å². The molecule has 4 atom stereocenters. The first kappa shape index (κ1) is 13.4. The second kappa shape index (κ2) is 5.50. The predicted octanol–water partition coefficient (Wildman–Crippen LogP) is 4.95. The topological polar surface area (TPSA) is 0 Å². The molecule has 0 amide bonds. The van der Waals surface area contributed by atoms with Crippen LogP contribution in [-0.4, -0.2) is 0 Å². The molecule has 1 fully saturated rings. The maximum atomic E-state index is 3.59. The van der Waals surface area contributed by atoms with E-state index in [9.17, 15) is 0 Å². The molecule has 2 aliphatic carbocycles. The van der Waals surface area contributed by atoms with E-state index in [-0.39, 0.29) is 0 Å². The van der Waals surface area contributed by atoms with Gasteiger partial charge in [-0.3, -0.25) is 0 Å². The number of allylic oxidation sites excluding steroid dienone is 2. The number of hydrogen-bond acceptors (Lipinski definition) is 0. The molecule has 0 nitrogen and oxygen atoms in total. The molecule has 0 radical (unpaired) electrons. The van der Waals surface area contributed by atoms with Gasteiger partial charge in [0.25, 0.3) is 0 Å².